The molecule has 1 aliphatic rings. The molecule has 1 fully saturated rings. The highest BCUT2D eigenvalue weighted by molar-refractivity contribution is 5.91. The van der Waals surface area contributed by atoms with E-state index in [1.54, 1.807) is 37.3 Å². The lowest BCUT2D eigenvalue weighted by Crippen LogP contribution is -2.54. The lowest BCUT2D eigenvalue weighted by Gasteiger charge is -2.41. The number of aliphatic hydroxyl groups is 1. The number of hydrogen-bond acceptors (Lipinski definition) is 5. The van der Waals surface area contributed by atoms with Gasteiger partial charge in [0.25, 0.3) is 5.91 Å². The van der Waals surface area contributed by atoms with E-state index < -0.39 is 11.4 Å². The summed E-state index contributed by atoms with van der Waals surface area (Å²) in [6, 6.07) is 2.95. The summed E-state index contributed by atoms with van der Waals surface area (Å²) in [4.78, 5) is 24.0. The number of piperidine rings is 1. The molecule has 25 heavy (non-hydrogen) atoms. The van der Waals surface area contributed by atoms with Gasteiger partial charge in [0.15, 0.2) is 0 Å². The number of imidazole rings is 1. The zero-order valence-electron chi connectivity index (χ0n) is 14.4. The highest BCUT2D eigenvalue weighted by atomic mass is 19.1. The first-order valence-corrected chi connectivity index (χ1v) is 8.19. The topological polar surface area (TPSA) is 74.5 Å². The molecule has 1 N–H and O–H groups in total. The minimum Gasteiger partial charge on any atom is -0.386 e. The van der Waals surface area contributed by atoms with Crippen molar-refractivity contribution >= 4 is 11.7 Å². The fourth-order valence-corrected chi connectivity index (χ4v) is 3.22. The van der Waals surface area contributed by atoms with Gasteiger partial charge < -0.3 is 19.5 Å². The summed E-state index contributed by atoms with van der Waals surface area (Å²) < 4.78 is 14.8. The summed E-state index contributed by atoms with van der Waals surface area (Å²) in [5, 5.41) is 11.0. The molecule has 0 saturated carbocycles. The fourth-order valence-electron chi connectivity index (χ4n) is 3.22. The largest absolute Gasteiger partial charge is 0.386 e. The van der Waals surface area contributed by atoms with Crippen molar-refractivity contribution in [2.45, 2.75) is 18.4 Å². The van der Waals surface area contributed by atoms with Crippen LogP contribution in [0.15, 0.2) is 30.9 Å². The highest BCUT2D eigenvalue weighted by Gasteiger charge is 2.36. The van der Waals surface area contributed by atoms with Gasteiger partial charge in [-0.1, -0.05) is 0 Å². The van der Waals surface area contributed by atoms with Crippen LogP contribution in [0.5, 0.6) is 0 Å². The molecule has 1 saturated heterocycles. The quantitative estimate of drug-likeness (QED) is 0.895. The maximum atomic E-state index is 13.0. The molecule has 3 rings (SSSR count). The molecule has 0 spiro atoms. The first kappa shape index (κ1) is 17.3. The number of anilines is 1. The summed E-state index contributed by atoms with van der Waals surface area (Å²) in [6.45, 7) is 1.27. The molecule has 7 nitrogen and oxygen atoms in total. The molecule has 1 aliphatic heterocycles. The molecular formula is C17H22FN5O2. The second-order valence-electron chi connectivity index (χ2n) is 6.67. The number of likely N-dealkylation sites (N-methyl/N-ethyl adjacent to an activating group) is 1. The Morgan fingerprint density at radius 2 is 2.24 bits per heavy atom. The number of aromatic nitrogens is 3. The van der Waals surface area contributed by atoms with Crippen LogP contribution in [-0.4, -0.2) is 62.7 Å². The van der Waals surface area contributed by atoms with Crippen LogP contribution in [0.2, 0.25) is 0 Å². The summed E-state index contributed by atoms with van der Waals surface area (Å²) in [5.74, 6) is 0.000925. The van der Waals surface area contributed by atoms with Crippen molar-refractivity contribution in [1.29, 1.82) is 0 Å². The third kappa shape index (κ3) is 3.96. The van der Waals surface area contributed by atoms with Crippen molar-refractivity contribution in [3.8, 4) is 0 Å². The third-order valence-electron chi connectivity index (χ3n) is 4.39. The van der Waals surface area contributed by atoms with E-state index in [1.165, 1.54) is 17.2 Å². The number of pyridine rings is 1. The first-order chi connectivity index (χ1) is 11.9. The van der Waals surface area contributed by atoms with Gasteiger partial charge in [0.05, 0.1) is 24.7 Å². The van der Waals surface area contributed by atoms with E-state index in [0.717, 1.165) is 13.0 Å². The number of carbonyl (C=O) groups is 1. The van der Waals surface area contributed by atoms with E-state index in [-0.39, 0.29) is 12.5 Å². The molecule has 0 bridgehead atoms. The monoisotopic (exact) mass is 347 g/mol. The van der Waals surface area contributed by atoms with Gasteiger partial charge in [-0.25, -0.2) is 14.4 Å². The van der Waals surface area contributed by atoms with Crippen LogP contribution in [0, 0.1) is 5.82 Å². The lowest BCUT2D eigenvalue weighted by atomic mass is 9.92. The van der Waals surface area contributed by atoms with Gasteiger partial charge in [-0.15, -0.1) is 0 Å². The van der Waals surface area contributed by atoms with Crippen LogP contribution in [0.4, 0.5) is 10.2 Å². The van der Waals surface area contributed by atoms with E-state index in [2.05, 4.69) is 9.97 Å². The predicted molar refractivity (Wildman–Crippen MR) is 90.8 cm³/mol. The standard InChI is InChI=1S/C17H22FN5O2/c1-21-9-14(20-12-21)16(24)22(2)10-17(25)6-3-7-23(11-17)15-5-4-13(18)8-19-15/h4-5,8-9,12,25H,3,6-7,10-11H2,1-2H3. The molecule has 3 heterocycles. The van der Waals surface area contributed by atoms with Gasteiger partial charge in [-0.05, 0) is 25.0 Å². The van der Waals surface area contributed by atoms with Crippen molar-refractivity contribution in [3.63, 3.8) is 0 Å². The second kappa shape index (κ2) is 6.79. The number of aryl methyl sites for hydroxylation is 1. The Labute approximate surface area is 145 Å². The molecule has 134 valence electrons. The number of nitrogens with zero attached hydrogens (tertiary/aromatic N) is 5. The van der Waals surface area contributed by atoms with Crippen LogP contribution in [0.1, 0.15) is 23.3 Å². The second-order valence-corrected chi connectivity index (χ2v) is 6.67. The normalized spacial score (nSPS) is 20.6. The maximum Gasteiger partial charge on any atom is 0.273 e. The Kier molecular flexibility index (Phi) is 4.71. The Bertz CT molecular complexity index is 748. The summed E-state index contributed by atoms with van der Waals surface area (Å²) in [6.07, 6.45) is 5.74. The van der Waals surface area contributed by atoms with Crippen molar-refractivity contribution in [2.75, 3.05) is 31.6 Å². The molecule has 8 heteroatoms. The number of hydrogen-bond donors (Lipinski definition) is 1. The van der Waals surface area contributed by atoms with Crippen LogP contribution in [0.25, 0.3) is 0 Å². The minimum atomic E-state index is -1.05. The van der Waals surface area contributed by atoms with Crippen LogP contribution in [-0.2, 0) is 7.05 Å². The van der Waals surface area contributed by atoms with Gasteiger partial charge in [0, 0.05) is 33.4 Å². The molecule has 1 amide bonds. The lowest BCUT2D eigenvalue weighted by molar-refractivity contribution is -0.000268. The zero-order chi connectivity index (χ0) is 18.0. The summed E-state index contributed by atoms with van der Waals surface area (Å²) >= 11 is 0. The fraction of sp³-hybridized carbons (Fsp3) is 0.471. The number of halogens is 1. The Balaban J connectivity index is 1.68. The number of rotatable bonds is 4. The number of carbonyl (C=O) groups excluding carboxylic acids is 1. The minimum absolute atomic E-state index is 0.195. The Morgan fingerprint density at radius 1 is 1.44 bits per heavy atom. The zero-order valence-corrected chi connectivity index (χ0v) is 14.4. The maximum absolute atomic E-state index is 13.0. The molecule has 0 radical (unpaired) electrons. The molecule has 1 atom stereocenters. The SMILES string of the molecule is CN(CC1(O)CCCN(c2ccc(F)cn2)C1)C(=O)c1cn(C)cn1. The van der Waals surface area contributed by atoms with E-state index in [1.807, 2.05) is 4.90 Å². The molecule has 0 aromatic carbocycles. The summed E-state index contributed by atoms with van der Waals surface area (Å²) in [7, 11) is 3.45. The molecule has 2 aromatic rings. The van der Waals surface area contributed by atoms with E-state index in [0.29, 0.717) is 24.5 Å². The number of amides is 1. The van der Waals surface area contributed by atoms with Crippen LogP contribution < -0.4 is 4.90 Å². The van der Waals surface area contributed by atoms with Gasteiger partial charge in [0.2, 0.25) is 0 Å². The van der Waals surface area contributed by atoms with Crippen molar-refractivity contribution in [3.05, 3.63) is 42.4 Å². The third-order valence-corrected chi connectivity index (χ3v) is 4.39. The van der Waals surface area contributed by atoms with Gasteiger partial charge in [-0.2, -0.15) is 0 Å². The molecule has 0 aliphatic carbocycles. The average Bonchev–Trinajstić information content (AvgIpc) is 3.01. The van der Waals surface area contributed by atoms with Gasteiger partial charge in [0.1, 0.15) is 17.3 Å². The van der Waals surface area contributed by atoms with Crippen LogP contribution >= 0.6 is 0 Å². The average molecular weight is 347 g/mol. The first-order valence-electron chi connectivity index (χ1n) is 8.19. The highest BCUT2D eigenvalue weighted by Crippen LogP contribution is 2.26. The summed E-state index contributed by atoms with van der Waals surface area (Å²) in [5.41, 5.74) is -0.700. The van der Waals surface area contributed by atoms with Gasteiger partial charge in [-0.3, -0.25) is 4.79 Å². The van der Waals surface area contributed by atoms with Gasteiger partial charge >= 0.3 is 0 Å². The smallest absolute Gasteiger partial charge is 0.273 e. The Morgan fingerprint density at radius 3 is 2.88 bits per heavy atom. The van der Waals surface area contributed by atoms with E-state index in [9.17, 15) is 14.3 Å². The molecule has 2 aromatic heterocycles. The number of β-amino-alcohol motifs (C(OH)–C–C–N with tert-alkyl or cyclic N) is 1. The van der Waals surface area contributed by atoms with Crippen molar-refractivity contribution in [1.82, 2.24) is 19.4 Å². The Hall–Kier alpha value is -2.48. The van der Waals surface area contributed by atoms with E-state index in [4.69, 9.17) is 0 Å². The van der Waals surface area contributed by atoms with Crippen molar-refractivity contribution in [2.24, 2.45) is 7.05 Å². The molecular weight excluding hydrogens is 325 g/mol. The molecule has 1 unspecified atom stereocenters. The van der Waals surface area contributed by atoms with E-state index >= 15 is 0 Å². The van der Waals surface area contributed by atoms with Crippen LogP contribution in [0.3, 0.4) is 0 Å². The predicted octanol–water partition coefficient (Wildman–Crippen LogP) is 1.06. The van der Waals surface area contributed by atoms with Crippen molar-refractivity contribution < 1.29 is 14.3 Å².